The van der Waals surface area contributed by atoms with Gasteiger partial charge in [-0.3, -0.25) is 13.8 Å². The van der Waals surface area contributed by atoms with Crippen LogP contribution in [0, 0.1) is 0 Å². The van der Waals surface area contributed by atoms with Crippen LogP contribution in [0.1, 0.15) is 0 Å². The van der Waals surface area contributed by atoms with Gasteiger partial charge in [0.15, 0.2) is 0 Å². The average Bonchev–Trinajstić information content (AvgIpc) is 3.19. The van der Waals surface area contributed by atoms with E-state index in [9.17, 15) is 44.6 Å². The van der Waals surface area contributed by atoms with Crippen molar-refractivity contribution in [2.24, 2.45) is 30.7 Å². The van der Waals surface area contributed by atoms with Gasteiger partial charge in [-0.2, -0.15) is 37.3 Å². The first-order valence-corrected chi connectivity index (χ1v) is 21.1. The third-order valence-corrected chi connectivity index (χ3v) is 11.7. The molecule has 0 spiro atoms. The Balaban J connectivity index is 0.00000352. The number of rotatable bonds is 11. The van der Waals surface area contributed by atoms with Gasteiger partial charge in [0.05, 0.1) is 39.0 Å². The second kappa shape index (κ2) is 18.8. The molecule has 0 aliphatic heterocycles. The molecule has 0 heterocycles. The third-order valence-electron chi connectivity index (χ3n) is 8.53. The molecular formula is C38H26N8Na2O10S3. The predicted octanol–water partition coefficient (Wildman–Crippen LogP) is 2.27. The van der Waals surface area contributed by atoms with Crippen molar-refractivity contribution in [2.45, 2.75) is 14.7 Å². The van der Waals surface area contributed by atoms with E-state index < -0.39 is 73.6 Å². The van der Waals surface area contributed by atoms with Gasteiger partial charge >= 0.3 is 59.1 Å². The largest absolute Gasteiger partial charge is 1.00 e. The van der Waals surface area contributed by atoms with Gasteiger partial charge in [0.1, 0.15) is 15.5 Å². The Morgan fingerprint density at radius 3 is 1.61 bits per heavy atom. The predicted molar refractivity (Wildman–Crippen MR) is 213 cm³/mol. The number of nitrogen functional groups attached to an aromatic ring is 1. The van der Waals surface area contributed by atoms with Crippen molar-refractivity contribution in [1.29, 1.82) is 0 Å². The van der Waals surface area contributed by atoms with Crippen molar-refractivity contribution in [2.75, 3.05) is 10.5 Å². The van der Waals surface area contributed by atoms with Crippen LogP contribution in [-0.4, -0.2) is 34.4 Å². The molecule has 61 heavy (non-hydrogen) atoms. The number of azo groups is 3. The molecule has 7 aromatic carbocycles. The summed E-state index contributed by atoms with van der Waals surface area (Å²) in [6, 6.07) is 30.3. The van der Waals surface area contributed by atoms with Gasteiger partial charge in [-0.25, -0.2) is 8.42 Å². The SMILES string of the molecule is Nc1c(N=Nc2ccc(S(=O)(=O)Nc3ccc(N=Nc4c([O-])ccc5ccccc45)cc3)cc2)c(S(=O)(=O)O)cc2cc(S(=O)(=O)O)c(N=Nc3ccccc3)c([O-])c12.[Na+].[Na+]. The molecule has 0 aliphatic rings. The number of nitrogens with two attached hydrogens (primary N) is 1. The Labute approximate surface area is 392 Å². The van der Waals surface area contributed by atoms with Gasteiger partial charge in [-0.05, 0) is 83.6 Å². The van der Waals surface area contributed by atoms with E-state index in [2.05, 4.69) is 35.4 Å². The topological polar surface area (TPSA) is 301 Å². The summed E-state index contributed by atoms with van der Waals surface area (Å²) in [5.74, 6) is -1.48. The van der Waals surface area contributed by atoms with Gasteiger partial charge in [0, 0.05) is 16.5 Å². The monoisotopic (exact) mass is 896 g/mol. The van der Waals surface area contributed by atoms with E-state index in [4.69, 9.17) is 5.73 Å². The number of hydrogen-bond donors (Lipinski definition) is 4. The molecule has 0 aromatic heterocycles. The van der Waals surface area contributed by atoms with Crippen molar-refractivity contribution in [3.05, 3.63) is 127 Å². The number of sulfonamides is 1. The van der Waals surface area contributed by atoms with E-state index in [0.717, 1.165) is 11.5 Å². The maximum Gasteiger partial charge on any atom is 1.00 e. The van der Waals surface area contributed by atoms with Crippen LogP contribution in [0.2, 0.25) is 0 Å². The Morgan fingerprint density at radius 2 is 1.02 bits per heavy atom. The van der Waals surface area contributed by atoms with Gasteiger partial charge in [-0.1, -0.05) is 66.1 Å². The van der Waals surface area contributed by atoms with Crippen molar-refractivity contribution < 1.29 is 104 Å². The summed E-state index contributed by atoms with van der Waals surface area (Å²) in [5, 5.41) is 50.3. The number of anilines is 2. The van der Waals surface area contributed by atoms with Crippen molar-refractivity contribution in [1.82, 2.24) is 0 Å². The van der Waals surface area contributed by atoms with E-state index in [0.29, 0.717) is 17.1 Å². The summed E-state index contributed by atoms with van der Waals surface area (Å²) in [5.41, 5.74) is 4.91. The molecule has 5 N–H and O–H groups in total. The fourth-order valence-electron chi connectivity index (χ4n) is 5.74. The van der Waals surface area contributed by atoms with Crippen LogP contribution in [0.25, 0.3) is 21.5 Å². The number of fused-ring (bicyclic) bond motifs is 2. The smallest absolute Gasteiger partial charge is 0.871 e. The van der Waals surface area contributed by atoms with Crippen molar-refractivity contribution in [3.63, 3.8) is 0 Å². The first-order chi connectivity index (χ1) is 28.0. The summed E-state index contributed by atoms with van der Waals surface area (Å²) >= 11 is 0. The molecule has 0 bridgehead atoms. The number of hydrogen-bond acceptors (Lipinski definition) is 15. The zero-order chi connectivity index (χ0) is 42.1. The van der Waals surface area contributed by atoms with E-state index in [-0.39, 0.29) is 92.5 Å². The van der Waals surface area contributed by atoms with Crippen LogP contribution >= 0.6 is 0 Å². The second-order valence-corrected chi connectivity index (χ2v) is 16.9. The van der Waals surface area contributed by atoms with Gasteiger partial charge in [0.2, 0.25) is 0 Å². The molecule has 0 unspecified atom stereocenters. The maximum absolute atomic E-state index is 13.7. The van der Waals surface area contributed by atoms with Crippen LogP contribution in [0.4, 0.5) is 45.5 Å². The van der Waals surface area contributed by atoms with Gasteiger partial charge < -0.3 is 15.9 Å². The molecule has 7 aromatic rings. The zero-order valence-corrected chi connectivity index (χ0v) is 38.2. The number of nitrogens with zero attached hydrogens (tertiary/aromatic N) is 6. The number of benzene rings is 7. The standard InChI is InChI=1S/C38H28N8O10S3.2Na/c39-34-33-23(21-32(59(54,55)56)37(38(33)48)45-40-24-7-2-1-3-8-24)20-31(58(51,52)53)36(34)44-42-26-15-17-28(18-16-26)57(49,50)46-27-13-11-25(12-14-27)41-43-35-29-9-5-4-6-22(29)10-19-30(35)47;;/h1-21,46-48H,39H2,(H,51,52,53)(H,54,55,56);;/q;2*+1/p-2. The molecule has 18 nitrogen and oxygen atoms in total. The Morgan fingerprint density at radius 1 is 0.525 bits per heavy atom. The third kappa shape index (κ3) is 10.5. The molecular weight excluding hydrogens is 871 g/mol. The maximum atomic E-state index is 13.7. The van der Waals surface area contributed by atoms with E-state index in [1.165, 1.54) is 66.7 Å². The molecule has 23 heteroatoms. The molecule has 0 atom stereocenters. The van der Waals surface area contributed by atoms with Crippen LogP contribution in [-0.2, 0) is 30.3 Å². The summed E-state index contributed by atoms with van der Waals surface area (Å²) in [6.07, 6.45) is 0. The van der Waals surface area contributed by atoms with E-state index in [1.54, 1.807) is 36.4 Å². The van der Waals surface area contributed by atoms with Gasteiger partial charge in [0.25, 0.3) is 30.3 Å². The Bertz CT molecular complexity index is 3230. The first-order valence-electron chi connectivity index (χ1n) is 16.8. The van der Waals surface area contributed by atoms with Crippen LogP contribution < -0.4 is 79.8 Å². The minimum atomic E-state index is -5.15. The van der Waals surface area contributed by atoms with E-state index in [1.807, 2.05) is 12.1 Å². The zero-order valence-electron chi connectivity index (χ0n) is 31.8. The van der Waals surface area contributed by atoms with Crippen molar-refractivity contribution >= 4 is 97.3 Å². The quantitative estimate of drug-likeness (QED) is 0.0632. The molecule has 0 amide bonds. The first kappa shape index (κ1) is 46.9. The second-order valence-electron chi connectivity index (χ2n) is 12.5. The minimum Gasteiger partial charge on any atom is -0.871 e. The summed E-state index contributed by atoms with van der Waals surface area (Å²) in [6.45, 7) is 0. The molecule has 0 aliphatic carbocycles. The summed E-state index contributed by atoms with van der Waals surface area (Å²) in [7, 11) is -14.4. The molecule has 0 saturated heterocycles. The van der Waals surface area contributed by atoms with Crippen LogP contribution in [0.5, 0.6) is 11.5 Å². The summed E-state index contributed by atoms with van der Waals surface area (Å²) in [4.78, 5) is -2.18. The van der Waals surface area contributed by atoms with Crippen molar-refractivity contribution in [3.8, 4) is 11.5 Å². The molecule has 0 fully saturated rings. The molecule has 0 radical (unpaired) electrons. The fraction of sp³-hybridized carbons (Fsp3) is 0. The molecule has 7 rings (SSSR count). The fourth-order valence-corrected chi connectivity index (χ4v) is 8.13. The Kier molecular flexibility index (Phi) is 14.5. The van der Waals surface area contributed by atoms with E-state index >= 15 is 0 Å². The van der Waals surface area contributed by atoms with Crippen LogP contribution in [0.15, 0.2) is 173 Å². The molecule has 298 valence electrons. The van der Waals surface area contributed by atoms with Crippen LogP contribution in [0.3, 0.4) is 0 Å². The van der Waals surface area contributed by atoms with Gasteiger partial charge in [-0.15, -0.1) is 10.2 Å². The average molecular weight is 897 g/mol. The normalized spacial score (nSPS) is 12.2. The molecule has 0 saturated carbocycles. The number of nitrogens with one attached hydrogen (secondary N) is 1. The minimum absolute atomic E-state index is 0. The Hall–Kier alpha value is -5.17. The summed E-state index contributed by atoms with van der Waals surface area (Å²) < 4.78 is 98.2.